The molecule has 0 unspecified atom stereocenters. The number of aliphatic hydroxyl groups excluding tert-OH is 1. The maximum absolute atomic E-state index is 12.3. The summed E-state index contributed by atoms with van der Waals surface area (Å²) in [5.41, 5.74) is 3.49. The van der Waals surface area contributed by atoms with Crippen LogP contribution >= 0.6 is 0 Å². The Morgan fingerprint density at radius 2 is 2.04 bits per heavy atom. The van der Waals surface area contributed by atoms with Gasteiger partial charge in [0.25, 0.3) is 5.91 Å². The number of nitrogens with zero attached hydrogens (tertiary/aromatic N) is 2. The van der Waals surface area contributed by atoms with Crippen LogP contribution in [0.2, 0.25) is 0 Å². The number of hydrogen-bond donors (Lipinski definition) is 3. The average molecular weight is 330 g/mol. The van der Waals surface area contributed by atoms with Crippen molar-refractivity contribution in [3.05, 3.63) is 47.3 Å². The molecule has 0 aliphatic rings. The van der Waals surface area contributed by atoms with E-state index < -0.39 is 0 Å². The van der Waals surface area contributed by atoms with Crippen LogP contribution in [0, 0.1) is 0 Å². The van der Waals surface area contributed by atoms with Gasteiger partial charge in [0.15, 0.2) is 0 Å². The Morgan fingerprint density at radius 1 is 1.33 bits per heavy atom. The van der Waals surface area contributed by atoms with E-state index in [0.29, 0.717) is 12.1 Å². The molecule has 2 aromatic rings. The molecule has 1 heterocycles. The fourth-order valence-electron chi connectivity index (χ4n) is 2.51. The molecule has 0 fully saturated rings. The van der Waals surface area contributed by atoms with Gasteiger partial charge in [-0.2, -0.15) is 5.10 Å². The maximum Gasteiger partial charge on any atom is 0.272 e. The van der Waals surface area contributed by atoms with Crippen molar-refractivity contribution in [2.75, 3.05) is 25.6 Å². The first kappa shape index (κ1) is 18.0. The van der Waals surface area contributed by atoms with Gasteiger partial charge in [0.05, 0.1) is 12.6 Å². The van der Waals surface area contributed by atoms with E-state index in [1.165, 1.54) is 0 Å². The van der Waals surface area contributed by atoms with Gasteiger partial charge >= 0.3 is 0 Å². The average Bonchev–Trinajstić information content (AvgIpc) is 3.04. The van der Waals surface area contributed by atoms with Gasteiger partial charge in [-0.1, -0.05) is 25.5 Å². The van der Waals surface area contributed by atoms with Crippen LogP contribution in [-0.4, -0.2) is 48.0 Å². The highest BCUT2D eigenvalue weighted by molar-refractivity contribution is 5.92. The van der Waals surface area contributed by atoms with Crippen LogP contribution in [0.15, 0.2) is 30.3 Å². The summed E-state index contributed by atoms with van der Waals surface area (Å²) in [6.45, 7) is 1.96. The van der Waals surface area contributed by atoms with Crippen molar-refractivity contribution in [1.82, 2.24) is 15.5 Å². The summed E-state index contributed by atoms with van der Waals surface area (Å²) < 4.78 is 0. The summed E-state index contributed by atoms with van der Waals surface area (Å²) in [4.78, 5) is 14.3. The number of aromatic amines is 1. The number of rotatable bonds is 8. The van der Waals surface area contributed by atoms with E-state index in [0.717, 1.165) is 29.8 Å². The molecule has 6 nitrogen and oxygen atoms in total. The summed E-state index contributed by atoms with van der Waals surface area (Å²) in [5, 5.41) is 19.3. The molecule has 2 rings (SSSR count). The highest BCUT2D eigenvalue weighted by Crippen LogP contribution is 2.13. The van der Waals surface area contributed by atoms with Crippen LogP contribution in [-0.2, 0) is 12.8 Å². The molecule has 0 radical (unpaired) electrons. The van der Waals surface area contributed by atoms with E-state index in [9.17, 15) is 9.90 Å². The van der Waals surface area contributed by atoms with Crippen molar-refractivity contribution in [2.45, 2.75) is 32.2 Å². The summed E-state index contributed by atoms with van der Waals surface area (Å²) >= 11 is 0. The molecule has 6 heteroatoms. The predicted octanol–water partition coefficient (Wildman–Crippen LogP) is 1.76. The van der Waals surface area contributed by atoms with Gasteiger partial charge in [-0.3, -0.25) is 9.89 Å². The monoisotopic (exact) mass is 330 g/mol. The first-order valence-corrected chi connectivity index (χ1v) is 8.25. The van der Waals surface area contributed by atoms with E-state index in [1.807, 2.05) is 43.3 Å². The minimum atomic E-state index is -0.339. The fraction of sp³-hybridized carbons (Fsp3) is 0.444. The topological polar surface area (TPSA) is 81.2 Å². The number of aliphatic hydroxyl groups is 1. The second-order valence-electron chi connectivity index (χ2n) is 6.15. The van der Waals surface area contributed by atoms with E-state index in [1.54, 1.807) is 6.07 Å². The van der Waals surface area contributed by atoms with E-state index >= 15 is 0 Å². The third kappa shape index (κ3) is 4.83. The van der Waals surface area contributed by atoms with Crippen molar-refractivity contribution in [2.24, 2.45) is 0 Å². The van der Waals surface area contributed by atoms with Crippen molar-refractivity contribution in [3.8, 4) is 0 Å². The number of aromatic nitrogens is 2. The molecule has 0 bridgehead atoms. The molecule has 130 valence electrons. The Kier molecular flexibility index (Phi) is 6.37. The van der Waals surface area contributed by atoms with Crippen LogP contribution in [0.1, 0.15) is 35.1 Å². The summed E-state index contributed by atoms with van der Waals surface area (Å²) in [5.74, 6) is -0.266. The molecule has 1 atom stereocenters. The van der Waals surface area contributed by atoms with Crippen LogP contribution < -0.4 is 10.2 Å². The standard InChI is InChI=1S/C18H26N4O2/c1-4-5-14-11-17(21-20-14)18(24)19-15(12-23)10-13-6-8-16(9-7-13)22(2)3/h6-9,11,15,23H,4-5,10,12H2,1-3H3,(H,19,24)(H,20,21)/t15-/m0/s1. The van der Waals surface area contributed by atoms with Gasteiger partial charge in [0.2, 0.25) is 0 Å². The number of carbonyl (C=O) groups excluding carboxylic acids is 1. The lowest BCUT2D eigenvalue weighted by atomic mass is 10.1. The molecule has 0 aliphatic carbocycles. The Labute approximate surface area is 142 Å². The Balaban J connectivity index is 1.96. The number of amides is 1. The van der Waals surface area contributed by atoms with E-state index in [4.69, 9.17) is 0 Å². The number of carbonyl (C=O) groups is 1. The maximum atomic E-state index is 12.3. The summed E-state index contributed by atoms with van der Waals surface area (Å²) in [6, 6.07) is 9.50. The summed E-state index contributed by atoms with van der Waals surface area (Å²) in [7, 11) is 3.98. The van der Waals surface area contributed by atoms with Crippen molar-refractivity contribution < 1.29 is 9.90 Å². The lowest BCUT2D eigenvalue weighted by Gasteiger charge is -2.17. The van der Waals surface area contributed by atoms with Gasteiger partial charge < -0.3 is 15.3 Å². The van der Waals surface area contributed by atoms with Gasteiger partial charge in [-0.25, -0.2) is 0 Å². The quantitative estimate of drug-likeness (QED) is 0.689. The highest BCUT2D eigenvalue weighted by atomic mass is 16.3. The first-order valence-electron chi connectivity index (χ1n) is 8.25. The number of anilines is 1. The molecular formula is C18H26N4O2. The predicted molar refractivity (Wildman–Crippen MR) is 95.4 cm³/mol. The van der Waals surface area contributed by atoms with Crippen LogP contribution in [0.5, 0.6) is 0 Å². The molecule has 3 N–H and O–H groups in total. The zero-order chi connectivity index (χ0) is 17.5. The molecule has 0 saturated carbocycles. The molecule has 0 spiro atoms. The smallest absolute Gasteiger partial charge is 0.272 e. The summed E-state index contributed by atoms with van der Waals surface area (Å²) in [6.07, 6.45) is 2.43. The molecule has 1 aromatic carbocycles. The van der Waals surface area contributed by atoms with E-state index in [2.05, 4.69) is 22.4 Å². The SMILES string of the molecule is CCCc1cc(C(=O)N[C@H](CO)Cc2ccc(N(C)C)cc2)n[nH]1. The van der Waals surface area contributed by atoms with Crippen LogP contribution in [0.4, 0.5) is 5.69 Å². The van der Waals surface area contributed by atoms with Crippen molar-refractivity contribution in [1.29, 1.82) is 0 Å². The number of nitrogens with one attached hydrogen (secondary N) is 2. The minimum absolute atomic E-state index is 0.118. The third-order valence-electron chi connectivity index (χ3n) is 3.87. The number of hydrogen-bond acceptors (Lipinski definition) is 4. The van der Waals surface area contributed by atoms with Gasteiger partial charge in [0, 0.05) is 25.5 Å². The second kappa shape index (κ2) is 8.49. The fourth-order valence-corrected chi connectivity index (χ4v) is 2.51. The largest absolute Gasteiger partial charge is 0.394 e. The molecule has 24 heavy (non-hydrogen) atoms. The molecular weight excluding hydrogens is 304 g/mol. The van der Waals surface area contributed by atoms with E-state index in [-0.39, 0.29) is 18.6 Å². The van der Waals surface area contributed by atoms with Gasteiger partial charge in [0.1, 0.15) is 5.69 Å². The Hall–Kier alpha value is -2.34. The second-order valence-corrected chi connectivity index (χ2v) is 6.15. The van der Waals surface area contributed by atoms with Crippen molar-refractivity contribution >= 4 is 11.6 Å². The lowest BCUT2D eigenvalue weighted by molar-refractivity contribution is 0.0911. The number of H-pyrrole nitrogens is 1. The first-order chi connectivity index (χ1) is 11.5. The zero-order valence-corrected chi connectivity index (χ0v) is 14.5. The number of benzene rings is 1. The Morgan fingerprint density at radius 3 is 2.62 bits per heavy atom. The van der Waals surface area contributed by atoms with Crippen LogP contribution in [0.25, 0.3) is 0 Å². The minimum Gasteiger partial charge on any atom is -0.394 e. The normalized spacial score (nSPS) is 12.0. The van der Waals surface area contributed by atoms with Crippen molar-refractivity contribution in [3.63, 3.8) is 0 Å². The van der Waals surface area contributed by atoms with Crippen LogP contribution in [0.3, 0.4) is 0 Å². The molecule has 0 aliphatic heterocycles. The highest BCUT2D eigenvalue weighted by Gasteiger charge is 2.16. The van der Waals surface area contributed by atoms with Gasteiger partial charge in [-0.15, -0.1) is 0 Å². The molecule has 1 aromatic heterocycles. The van der Waals surface area contributed by atoms with Gasteiger partial charge in [-0.05, 0) is 36.6 Å². The third-order valence-corrected chi connectivity index (χ3v) is 3.87. The molecule has 0 saturated heterocycles. The molecule has 1 amide bonds. The Bertz CT molecular complexity index is 649. The lowest BCUT2D eigenvalue weighted by Crippen LogP contribution is -2.39. The zero-order valence-electron chi connectivity index (χ0n) is 14.5. The number of aryl methyl sites for hydroxylation is 1.